The predicted octanol–water partition coefficient (Wildman–Crippen LogP) is 4.22. The van der Waals surface area contributed by atoms with E-state index in [1.165, 1.54) is 5.39 Å². The smallest absolute Gasteiger partial charge is 0.0476 e. The monoisotopic (exact) mass is 247 g/mol. The number of hydrogen-bond acceptors (Lipinski definition) is 0. The van der Waals surface area contributed by atoms with Gasteiger partial charge in [-0.3, -0.25) is 0 Å². The standard InChI is InChI=1S/C12H10BrN/c1-3-9-10-6-5-8(13)7-12(10)14-11(9)4-2/h3-7,14H,1-2H2. The number of hydrogen-bond donors (Lipinski definition) is 1. The van der Waals surface area contributed by atoms with Gasteiger partial charge < -0.3 is 4.98 Å². The molecule has 0 saturated carbocycles. The van der Waals surface area contributed by atoms with Crippen LogP contribution in [0.4, 0.5) is 0 Å². The van der Waals surface area contributed by atoms with Gasteiger partial charge in [-0.2, -0.15) is 0 Å². The highest BCUT2D eigenvalue weighted by Crippen LogP contribution is 2.26. The van der Waals surface area contributed by atoms with Crippen molar-refractivity contribution in [3.05, 3.63) is 47.1 Å². The zero-order chi connectivity index (χ0) is 10.1. The van der Waals surface area contributed by atoms with Crippen LogP contribution in [0.1, 0.15) is 11.3 Å². The zero-order valence-electron chi connectivity index (χ0n) is 7.68. The van der Waals surface area contributed by atoms with E-state index < -0.39 is 0 Å². The molecule has 2 aromatic rings. The summed E-state index contributed by atoms with van der Waals surface area (Å²) in [5.74, 6) is 0. The Hall–Kier alpha value is -1.28. The first-order valence-corrected chi connectivity index (χ1v) is 5.11. The summed E-state index contributed by atoms with van der Waals surface area (Å²) >= 11 is 3.44. The fourth-order valence-corrected chi connectivity index (χ4v) is 1.95. The molecule has 0 fully saturated rings. The summed E-state index contributed by atoms with van der Waals surface area (Å²) in [6.07, 6.45) is 3.66. The Morgan fingerprint density at radius 2 is 2.00 bits per heavy atom. The number of fused-ring (bicyclic) bond motifs is 1. The highest BCUT2D eigenvalue weighted by molar-refractivity contribution is 9.10. The van der Waals surface area contributed by atoms with Gasteiger partial charge >= 0.3 is 0 Å². The van der Waals surface area contributed by atoms with Crippen LogP contribution in [0, 0.1) is 0 Å². The average molecular weight is 248 g/mol. The minimum Gasteiger partial charge on any atom is -0.354 e. The van der Waals surface area contributed by atoms with Crippen LogP contribution in [0.2, 0.25) is 0 Å². The second kappa shape index (κ2) is 3.46. The van der Waals surface area contributed by atoms with E-state index in [4.69, 9.17) is 0 Å². The van der Waals surface area contributed by atoms with Gasteiger partial charge in [0.25, 0.3) is 0 Å². The number of aromatic amines is 1. The van der Waals surface area contributed by atoms with Gasteiger partial charge in [-0.15, -0.1) is 0 Å². The Bertz CT molecular complexity index is 508. The van der Waals surface area contributed by atoms with Crippen molar-refractivity contribution in [3.8, 4) is 0 Å². The van der Waals surface area contributed by atoms with Crippen LogP contribution in [-0.2, 0) is 0 Å². The summed E-state index contributed by atoms with van der Waals surface area (Å²) < 4.78 is 1.07. The van der Waals surface area contributed by atoms with Crippen LogP contribution >= 0.6 is 15.9 Å². The van der Waals surface area contributed by atoms with Crippen molar-refractivity contribution in [1.29, 1.82) is 0 Å². The van der Waals surface area contributed by atoms with Crippen molar-refractivity contribution >= 4 is 39.0 Å². The Morgan fingerprint density at radius 1 is 1.21 bits per heavy atom. The number of aromatic nitrogens is 1. The first kappa shape index (κ1) is 9.28. The van der Waals surface area contributed by atoms with Gasteiger partial charge in [0.05, 0.1) is 0 Å². The van der Waals surface area contributed by atoms with Gasteiger partial charge in [-0.05, 0) is 18.2 Å². The molecule has 0 unspecified atom stereocenters. The third kappa shape index (κ3) is 1.32. The summed E-state index contributed by atoms with van der Waals surface area (Å²) in [6, 6.07) is 6.14. The summed E-state index contributed by atoms with van der Waals surface area (Å²) in [6.45, 7) is 7.57. The molecule has 0 saturated heterocycles. The van der Waals surface area contributed by atoms with E-state index in [0.717, 1.165) is 21.2 Å². The third-order valence-electron chi connectivity index (χ3n) is 2.24. The molecule has 0 aliphatic carbocycles. The van der Waals surface area contributed by atoms with E-state index in [1.807, 2.05) is 18.2 Å². The second-order valence-corrected chi connectivity index (χ2v) is 3.97. The average Bonchev–Trinajstić information content (AvgIpc) is 2.54. The molecule has 0 aliphatic heterocycles. The third-order valence-corrected chi connectivity index (χ3v) is 2.73. The molecular weight excluding hydrogens is 238 g/mol. The number of rotatable bonds is 2. The molecule has 1 nitrogen and oxygen atoms in total. The predicted molar refractivity (Wildman–Crippen MR) is 66.2 cm³/mol. The fourth-order valence-electron chi connectivity index (χ4n) is 1.59. The van der Waals surface area contributed by atoms with E-state index in [-0.39, 0.29) is 0 Å². The number of nitrogens with one attached hydrogen (secondary N) is 1. The van der Waals surface area contributed by atoms with Crippen LogP contribution in [0.5, 0.6) is 0 Å². The maximum atomic E-state index is 3.80. The molecule has 1 aromatic carbocycles. The Morgan fingerprint density at radius 3 is 2.64 bits per heavy atom. The molecule has 14 heavy (non-hydrogen) atoms. The first-order valence-electron chi connectivity index (χ1n) is 4.32. The van der Waals surface area contributed by atoms with Gasteiger partial charge in [0.1, 0.15) is 0 Å². The molecule has 2 rings (SSSR count). The zero-order valence-corrected chi connectivity index (χ0v) is 9.26. The first-order chi connectivity index (χ1) is 6.76. The van der Waals surface area contributed by atoms with Gasteiger partial charge in [0.2, 0.25) is 0 Å². The number of halogens is 1. The van der Waals surface area contributed by atoms with Crippen LogP contribution in [0.3, 0.4) is 0 Å². The lowest BCUT2D eigenvalue weighted by Crippen LogP contribution is -1.72. The maximum Gasteiger partial charge on any atom is 0.0476 e. The Balaban J connectivity index is 2.86. The lowest BCUT2D eigenvalue weighted by molar-refractivity contribution is 1.42. The largest absolute Gasteiger partial charge is 0.354 e. The van der Waals surface area contributed by atoms with E-state index in [2.05, 4.69) is 46.2 Å². The Kier molecular flexibility index (Phi) is 2.30. The van der Waals surface area contributed by atoms with E-state index in [0.29, 0.717) is 0 Å². The highest BCUT2D eigenvalue weighted by Gasteiger charge is 2.05. The lowest BCUT2D eigenvalue weighted by Gasteiger charge is -1.92. The molecule has 1 heterocycles. The van der Waals surface area contributed by atoms with Gasteiger partial charge in [0, 0.05) is 26.6 Å². The lowest BCUT2D eigenvalue weighted by atomic mass is 10.1. The maximum absolute atomic E-state index is 3.80. The summed E-state index contributed by atoms with van der Waals surface area (Å²) in [7, 11) is 0. The molecule has 0 radical (unpaired) electrons. The number of H-pyrrole nitrogens is 1. The van der Waals surface area contributed by atoms with Gasteiger partial charge in [-0.1, -0.05) is 41.2 Å². The Labute approximate surface area is 91.3 Å². The van der Waals surface area contributed by atoms with E-state index in [9.17, 15) is 0 Å². The second-order valence-electron chi connectivity index (χ2n) is 3.05. The van der Waals surface area contributed by atoms with Crippen molar-refractivity contribution in [1.82, 2.24) is 4.98 Å². The molecule has 0 spiro atoms. The topological polar surface area (TPSA) is 15.8 Å². The van der Waals surface area contributed by atoms with E-state index in [1.54, 1.807) is 0 Å². The molecular formula is C12H10BrN. The number of benzene rings is 1. The molecule has 2 heteroatoms. The molecule has 0 aliphatic rings. The minimum absolute atomic E-state index is 1.02. The van der Waals surface area contributed by atoms with Crippen LogP contribution in [-0.4, -0.2) is 4.98 Å². The molecule has 0 atom stereocenters. The van der Waals surface area contributed by atoms with Crippen molar-refractivity contribution in [2.45, 2.75) is 0 Å². The van der Waals surface area contributed by atoms with Crippen LogP contribution in [0.25, 0.3) is 23.1 Å². The van der Waals surface area contributed by atoms with Gasteiger partial charge in [-0.25, -0.2) is 0 Å². The minimum atomic E-state index is 1.02. The molecule has 0 bridgehead atoms. The highest BCUT2D eigenvalue weighted by atomic mass is 79.9. The normalized spacial score (nSPS) is 10.4. The van der Waals surface area contributed by atoms with Gasteiger partial charge in [0.15, 0.2) is 0 Å². The van der Waals surface area contributed by atoms with Crippen molar-refractivity contribution < 1.29 is 0 Å². The molecule has 1 N–H and O–H groups in total. The van der Waals surface area contributed by atoms with Crippen molar-refractivity contribution in [2.24, 2.45) is 0 Å². The van der Waals surface area contributed by atoms with E-state index >= 15 is 0 Å². The summed E-state index contributed by atoms with van der Waals surface area (Å²) in [5.41, 5.74) is 3.24. The molecule has 0 amide bonds. The summed E-state index contributed by atoms with van der Waals surface area (Å²) in [4.78, 5) is 3.29. The SMILES string of the molecule is C=Cc1[nH]c2cc(Br)ccc2c1C=C. The van der Waals surface area contributed by atoms with Crippen molar-refractivity contribution in [2.75, 3.05) is 0 Å². The molecule has 1 aromatic heterocycles. The van der Waals surface area contributed by atoms with Crippen molar-refractivity contribution in [3.63, 3.8) is 0 Å². The summed E-state index contributed by atoms with van der Waals surface area (Å²) in [5, 5.41) is 1.18. The van der Waals surface area contributed by atoms with Crippen LogP contribution < -0.4 is 0 Å². The fraction of sp³-hybridized carbons (Fsp3) is 0. The molecule has 70 valence electrons. The van der Waals surface area contributed by atoms with Crippen LogP contribution in [0.15, 0.2) is 35.8 Å². The quantitative estimate of drug-likeness (QED) is 0.819.